The van der Waals surface area contributed by atoms with Crippen molar-refractivity contribution in [1.82, 2.24) is 10.3 Å². The van der Waals surface area contributed by atoms with E-state index in [0.717, 1.165) is 23.4 Å². The highest BCUT2D eigenvalue weighted by Gasteiger charge is 2.18. The second kappa shape index (κ2) is 7.31. The minimum atomic E-state index is -0.276. The molecule has 1 atom stereocenters. The van der Waals surface area contributed by atoms with Crippen LogP contribution in [0.15, 0.2) is 33.9 Å². The summed E-state index contributed by atoms with van der Waals surface area (Å²) < 4.78 is 10.4. The normalized spacial score (nSPS) is 12.5. The lowest BCUT2D eigenvalue weighted by Gasteiger charge is -2.14. The Morgan fingerprint density at radius 2 is 2.30 bits per heavy atom. The van der Waals surface area contributed by atoms with Crippen LogP contribution in [0.1, 0.15) is 13.3 Å². The van der Waals surface area contributed by atoms with E-state index < -0.39 is 0 Å². The van der Waals surface area contributed by atoms with Crippen molar-refractivity contribution in [2.45, 2.75) is 24.6 Å². The number of benzene rings is 1. The van der Waals surface area contributed by atoms with Gasteiger partial charge in [0, 0.05) is 5.75 Å². The third-order valence-corrected chi connectivity index (χ3v) is 3.70. The molecule has 5 nitrogen and oxygen atoms in total. The number of thioether (sulfide) groups is 1. The Balaban J connectivity index is 1.89. The van der Waals surface area contributed by atoms with Crippen LogP contribution >= 0.6 is 11.8 Å². The van der Waals surface area contributed by atoms with Crippen LogP contribution < -0.4 is 5.32 Å². The van der Waals surface area contributed by atoms with Crippen molar-refractivity contribution in [3.8, 4) is 0 Å². The van der Waals surface area contributed by atoms with Crippen LogP contribution in [-0.2, 0) is 9.53 Å². The van der Waals surface area contributed by atoms with Gasteiger partial charge in [-0.2, -0.15) is 0 Å². The molecular formula is C14H18N2O3S. The molecule has 1 unspecified atom stereocenters. The van der Waals surface area contributed by atoms with Gasteiger partial charge in [0.1, 0.15) is 11.6 Å². The van der Waals surface area contributed by atoms with Crippen molar-refractivity contribution >= 4 is 28.8 Å². The highest BCUT2D eigenvalue weighted by Crippen LogP contribution is 2.23. The van der Waals surface area contributed by atoms with Gasteiger partial charge in [-0.25, -0.2) is 4.98 Å². The smallest absolute Gasteiger partial charge is 0.322 e. The van der Waals surface area contributed by atoms with E-state index in [2.05, 4.69) is 10.3 Å². The molecular weight excluding hydrogens is 276 g/mol. The molecule has 0 aliphatic carbocycles. The number of rotatable bonds is 7. The van der Waals surface area contributed by atoms with Crippen LogP contribution in [0.25, 0.3) is 11.1 Å². The lowest BCUT2D eigenvalue weighted by molar-refractivity contribution is -0.143. The summed E-state index contributed by atoms with van der Waals surface area (Å²) in [5.74, 6) is 0.504. The number of para-hydroxylation sites is 2. The van der Waals surface area contributed by atoms with E-state index in [1.807, 2.05) is 31.2 Å². The SMILES string of the molecule is CCNC(CCSc1nc2ccccc2o1)C(=O)OC. The van der Waals surface area contributed by atoms with Crippen molar-refractivity contribution in [3.05, 3.63) is 24.3 Å². The highest BCUT2D eigenvalue weighted by atomic mass is 32.2. The first-order valence-electron chi connectivity index (χ1n) is 6.54. The number of esters is 1. The van der Waals surface area contributed by atoms with Crippen molar-refractivity contribution in [3.63, 3.8) is 0 Å². The summed E-state index contributed by atoms with van der Waals surface area (Å²) in [6.07, 6.45) is 0.671. The molecule has 0 fully saturated rings. The van der Waals surface area contributed by atoms with E-state index >= 15 is 0 Å². The largest absolute Gasteiger partial charge is 0.468 e. The molecule has 2 rings (SSSR count). The molecule has 20 heavy (non-hydrogen) atoms. The Bertz CT molecular complexity index is 537. The van der Waals surface area contributed by atoms with E-state index in [9.17, 15) is 4.79 Å². The maximum absolute atomic E-state index is 11.6. The number of carbonyl (C=O) groups is 1. The Morgan fingerprint density at radius 3 is 3.00 bits per heavy atom. The fourth-order valence-corrected chi connectivity index (χ4v) is 2.71. The Labute approximate surface area is 122 Å². The number of likely N-dealkylation sites (N-methyl/N-ethyl adjacent to an activating group) is 1. The number of methoxy groups -OCH3 is 1. The van der Waals surface area contributed by atoms with Crippen LogP contribution in [0.4, 0.5) is 0 Å². The summed E-state index contributed by atoms with van der Waals surface area (Å²) >= 11 is 1.50. The van der Waals surface area contributed by atoms with Gasteiger partial charge in [0.15, 0.2) is 5.58 Å². The molecule has 2 aromatic rings. The number of nitrogens with zero attached hydrogens (tertiary/aromatic N) is 1. The van der Waals surface area contributed by atoms with Crippen LogP contribution in [0.2, 0.25) is 0 Å². The molecule has 108 valence electrons. The molecule has 0 aliphatic rings. The minimum absolute atomic E-state index is 0.231. The third-order valence-electron chi connectivity index (χ3n) is 2.84. The standard InChI is InChI=1S/C14H18N2O3S/c1-3-15-11(13(17)18-2)8-9-20-14-16-10-6-4-5-7-12(10)19-14/h4-7,11,15H,3,8-9H2,1-2H3. The topological polar surface area (TPSA) is 64.4 Å². The van der Waals surface area contributed by atoms with Gasteiger partial charge >= 0.3 is 5.97 Å². The molecule has 1 heterocycles. The molecule has 0 amide bonds. The summed E-state index contributed by atoms with van der Waals surface area (Å²) in [4.78, 5) is 15.9. The molecule has 0 aliphatic heterocycles. The number of nitrogens with one attached hydrogen (secondary N) is 1. The van der Waals surface area contributed by atoms with Crippen molar-refractivity contribution in [1.29, 1.82) is 0 Å². The van der Waals surface area contributed by atoms with Gasteiger partial charge in [-0.3, -0.25) is 4.79 Å². The van der Waals surface area contributed by atoms with Gasteiger partial charge in [0.05, 0.1) is 7.11 Å². The molecule has 0 saturated heterocycles. The number of aromatic nitrogens is 1. The molecule has 1 aromatic heterocycles. The maximum Gasteiger partial charge on any atom is 0.322 e. The number of hydrogen-bond donors (Lipinski definition) is 1. The highest BCUT2D eigenvalue weighted by molar-refractivity contribution is 7.99. The van der Waals surface area contributed by atoms with Crippen molar-refractivity contribution < 1.29 is 13.9 Å². The molecule has 1 N–H and O–H groups in total. The summed E-state index contributed by atoms with van der Waals surface area (Å²) in [6.45, 7) is 2.69. The van der Waals surface area contributed by atoms with Crippen LogP contribution in [0.3, 0.4) is 0 Å². The van der Waals surface area contributed by atoms with Crippen LogP contribution in [-0.4, -0.2) is 36.4 Å². The molecule has 6 heteroatoms. The average Bonchev–Trinajstić information content (AvgIpc) is 2.88. The van der Waals surface area contributed by atoms with Gasteiger partial charge in [0.25, 0.3) is 5.22 Å². The van der Waals surface area contributed by atoms with Crippen molar-refractivity contribution in [2.75, 3.05) is 19.4 Å². The molecule has 0 spiro atoms. The Hall–Kier alpha value is -1.53. The van der Waals surface area contributed by atoms with E-state index in [1.54, 1.807) is 0 Å². The lowest BCUT2D eigenvalue weighted by atomic mass is 10.2. The fraction of sp³-hybridized carbons (Fsp3) is 0.429. The minimum Gasteiger partial charge on any atom is -0.468 e. The monoisotopic (exact) mass is 294 g/mol. The number of ether oxygens (including phenoxy) is 1. The quantitative estimate of drug-likeness (QED) is 0.625. The van der Waals surface area contributed by atoms with Crippen molar-refractivity contribution in [2.24, 2.45) is 0 Å². The second-order valence-electron chi connectivity index (χ2n) is 4.22. The second-order valence-corrected chi connectivity index (χ2v) is 5.26. The molecule has 0 saturated carbocycles. The number of oxazole rings is 1. The van der Waals surface area contributed by atoms with Gasteiger partial charge in [-0.1, -0.05) is 30.8 Å². The van der Waals surface area contributed by atoms with E-state index in [0.29, 0.717) is 11.6 Å². The summed E-state index contributed by atoms with van der Waals surface area (Å²) in [5, 5.41) is 3.74. The third kappa shape index (κ3) is 3.74. The maximum atomic E-state index is 11.6. The summed E-state index contributed by atoms with van der Waals surface area (Å²) in [6, 6.07) is 7.38. The van der Waals surface area contributed by atoms with Crippen LogP contribution in [0.5, 0.6) is 0 Å². The average molecular weight is 294 g/mol. The van der Waals surface area contributed by atoms with Gasteiger partial charge in [0.2, 0.25) is 0 Å². The van der Waals surface area contributed by atoms with E-state index in [1.165, 1.54) is 18.9 Å². The van der Waals surface area contributed by atoms with E-state index in [4.69, 9.17) is 9.15 Å². The Morgan fingerprint density at radius 1 is 1.50 bits per heavy atom. The lowest BCUT2D eigenvalue weighted by Crippen LogP contribution is -2.37. The predicted octanol–water partition coefficient (Wildman–Crippen LogP) is 2.46. The molecule has 0 bridgehead atoms. The number of hydrogen-bond acceptors (Lipinski definition) is 6. The molecule has 1 aromatic carbocycles. The number of fused-ring (bicyclic) bond motifs is 1. The summed E-state index contributed by atoms with van der Waals surface area (Å²) in [5.41, 5.74) is 1.64. The van der Waals surface area contributed by atoms with Gasteiger partial charge in [-0.05, 0) is 25.1 Å². The first-order chi connectivity index (χ1) is 9.74. The zero-order chi connectivity index (χ0) is 14.4. The molecule has 0 radical (unpaired) electrons. The number of carbonyl (C=O) groups excluding carboxylic acids is 1. The van der Waals surface area contributed by atoms with E-state index in [-0.39, 0.29) is 12.0 Å². The zero-order valence-corrected chi connectivity index (χ0v) is 12.4. The first kappa shape index (κ1) is 14.9. The van der Waals surface area contributed by atoms with Crippen LogP contribution in [0, 0.1) is 0 Å². The fourth-order valence-electron chi connectivity index (χ4n) is 1.87. The zero-order valence-electron chi connectivity index (χ0n) is 11.6. The van der Waals surface area contributed by atoms with Gasteiger partial charge in [-0.15, -0.1) is 0 Å². The summed E-state index contributed by atoms with van der Waals surface area (Å²) in [7, 11) is 1.40. The van der Waals surface area contributed by atoms with Gasteiger partial charge < -0.3 is 14.5 Å². The Kier molecular flexibility index (Phi) is 5.43. The first-order valence-corrected chi connectivity index (χ1v) is 7.52. The predicted molar refractivity (Wildman–Crippen MR) is 78.8 cm³/mol.